The highest BCUT2D eigenvalue weighted by Crippen LogP contribution is 2.27. The molecule has 1 aliphatic carbocycles. The fourth-order valence-corrected chi connectivity index (χ4v) is 2.42. The van der Waals surface area contributed by atoms with Crippen molar-refractivity contribution in [1.82, 2.24) is 5.43 Å². The van der Waals surface area contributed by atoms with E-state index in [0.29, 0.717) is 11.9 Å². The molecule has 0 unspecified atom stereocenters. The van der Waals surface area contributed by atoms with Crippen LogP contribution in [0.4, 0.5) is 5.69 Å². The third-order valence-corrected chi connectivity index (χ3v) is 3.40. The molecule has 1 aromatic carbocycles. The highest BCUT2D eigenvalue weighted by molar-refractivity contribution is 5.94. The average Bonchev–Trinajstić information content (AvgIpc) is 2.43. The third kappa shape index (κ3) is 3.70. The Morgan fingerprint density at radius 2 is 2.11 bits per heavy atom. The Morgan fingerprint density at radius 3 is 2.84 bits per heavy atom. The van der Waals surface area contributed by atoms with Gasteiger partial charge in [0.25, 0.3) is 0 Å². The second-order valence-electron chi connectivity index (χ2n) is 5.50. The van der Waals surface area contributed by atoms with E-state index < -0.39 is 0 Å². The summed E-state index contributed by atoms with van der Waals surface area (Å²) in [6.45, 7) is 5.05. The van der Waals surface area contributed by atoms with Gasteiger partial charge in [-0.25, -0.2) is 5.84 Å². The van der Waals surface area contributed by atoms with Crippen molar-refractivity contribution in [3.05, 3.63) is 29.3 Å². The molecule has 4 heteroatoms. The van der Waals surface area contributed by atoms with Crippen LogP contribution in [0.3, 0.4) is 0 Å². The van der Waals surface area contributed by atoms with Gasteiger partial charge in [-0.2, -0.15) is 0 Å². The van der Waals surface area contributed by atoms with Gasteiger partial charge < -0.3 is 5.32 Å². The van der Waals surface area contributed by atoms with Gasteiger partial charge >= 0.3 is 0 Å². The molecule has 0 heterocycles. The molecule has 1 aromatic rings. The first-order chi connectivity index (χ1) is 9.20. The molecular weight excluding hydrogens is 236 g/mol. The van der Waals surface area contributed by atoms with Gasteiger partial charge in [-0.1, -0.05) is 26.0 Å². The highest BCUT2D eigenvalue weighted by atomic mass is 15.3. The summed E-state index contributed by atoms with van der Waals surface area (Å²) in [5, 5.41) is 3.33. The number of hydrogen-bond acceptors (Lipinski definition) is 2. The minimum absolute atomic E-state index is 0.523. The fourth-order valence-electron chi connectivity index (χ4n) is 2.42. The molecule has 4 N–H and O–H groups in total. The van der Waals surface area contributed by atoms with E-state index in [1.807, 2.05) is 0 Å². The average molecular weight is 260 g/mol. The number of hydrogen-bond donors (Lipinski definition) is 3. The number of guanidine groups is 1. The number of nitrogens with one attached hydrogen (secondary N) is 2. The van der Waals surface area contributed by atoms with E-state index in [-0.39, 0.29) is 0 Å². The summed E-state index contributed by atoms with van der Waals surface area (Å²) in [6, 6.07) is 6.43. The summed E-state index contributed by atoms with van der Waals surface area (Å²) in [5.74, 6) is 6.71. The molecule has 1 aliphatic rings. The second-order valence-corrected chi connectivity index (χ2v) is 5.50. The maximum absolute atomic E-state index is 5.54. The lowest BCUT2D eigenvalue weighted by molar-refractivity contribution is 0.662. The maximum Gasteiger partial charge on any atom is 0.210 e. The zero-order valence-electron chi connectivity index (χ0n) is 11.9. The summed E-state index contributed by atoms with van der Waals surface area (Å²) < 4.78 is 0. The standard InChI is InChI=1S/C15H24N4/c1-11(2)10-17-15(19-16)18-14-9-5-7-12-6-3-4-8-13(12)14/h5,7,9,11H,3-4,6,8,10,16H2,1-2H3,(H2,17,18,19). The minimum atomic E-state index is 0.523. The Kier molecular flexibility index (Phi) is 4.80. The molecular formula is C15H24N4. The van der Waals surface area contributed by atoms with Crippen molar-refractivity contribution in [2.45, 2.75) is 39.5 Å². The molecule has 2 rings (SSSR count). The number of rotatable bonds is 3. The zero-order valence-corrected chi connectivity index (χ0v) is 11.9. The van der Waals surface area contributed by atoms with E-state index in [1.165, 1.54) is 30.4 Å². The Balaban J connectivity index is 2.15. The van der Waals surface area contributed by atoms with Gasteiger partial charge in [0, 0.05) is 12.2 Å². The van der Waals surface area contributed by atoms with Gasteiger partial charge in [0.15, 0.2) is 0 Å². The van der Waals surface area contributed by atoms with E-state index in [1.54, 1.807) is 0 Å². The van der Waals surface area contributed by atoms with Crippen molar-refractivity contribution < 1.29 is 0 Å². The first-order valence-corrected chi connectivity index (χ1v) is 7.09. The Bertz CT molecular complexity index is 451. The predicted molar refractivity (Wildman–Crippen MR) is 81.2 cm³/mol. The Morgan fingerprint density at radius 1 is 1.32 bits per heavy atom. The Labute approximate surface area is 115 Å². The van der Waals surface area contributed by atoms with Crippen LogP contribution < -0.4 is 16.6 Å². The largest absolute Gasteiger partial charge is 0.325 e. The monoisotopic (exact) mass is 260 g/mol. The number of benzene rings is 1. The van der Waals surface area contributed by atoms with Gasteiger partial charge in [0.1, 0.15) is 0 Å². The second kappa shape index (κ2) is 6.57. The lowest BCUT2D eigenvalue weighted by atomic mass is 9.90. The van der Waals surface area contributed by atoms with Crippen molar-refractivity contribution in [2.24, 2.45) is 16.8 Å². The Hall–Kier alpha value is -1.55. The maximum atomic E-state index is 5.54. The lowest BCUT2D eigenvalue weighted by Gasteiger charge is -2.20. The van der Waals surface area contributed by atoms with Crippen molar-refractivity contribution in [3.63, 3.8) is 0 Å². The highest BCUT2D eigenvalue weighted by Gasteiger charge is 2.13. The number of fused-ring (bicyclic) bond motifs is 1. The number of aryl methyl sites for hydroxylation is 1. The molecule has 0 radical (unpaired) electrons. The van der Waals surface area contributed by atoms with Gasteiger partial charge in [0.2, 0.25) is 5.96 Å². The van der Waals surface area contributed by atoms with Crippen LogP contribution in [-0.2, 0) is 12.8 Å². The van der Waals surface area contributed by atoms with Crippen molar-refractivity contribution in [3.8, 4) is 0 Å². The molecule has 19 heavy (non-hydrogen) atoms. The predicted octanol–water partition coefficient (Wildman–Crippen LogP) is 2.45. The van der Waals surface area contributed by atoms with Crippen LogP contribution in [0.5, 0.6) is 0 Å². The molecule has 0 saturated carbocycles. The van der Waals surface area contributed by atoms with E-state index in [0.717, 1.165) is 18.7 Å². The molecule has 0 aliphatic heterocycles. The van der Waals surface area contributed by atoms with Crippen LogP contribution in [-0.4, -0.2) is 12.5 Å². The lowest BCUT2D eigenvalue weighted by Crippen LogP contribution is -2.37. The van der Waals surface area contributed by atoms with Crippen molar-refractivity contribution in [2.75, 3.05) is 11.9 Å². The molecule has 0 fully saturated rings. The van der Waals surface area contributed by atoms with Crippen LogP contribution >= 0.6 is 0 Å². The van der Waals surface area contributed by atoms with E-state index in [4.69, 9.17) is 5.84 Å². The summed E-state index contributed by atoms with van der Waals surface area (Å²) >= 11 is 0. The molecule has 0 bridgehead atoms. The molecule has 0 amide bonds. The third-order valence-electron chi connectivity index (χ3n) is 3.40. The van der Waals surface area contributed by atoms with Gasteiger partial charge in [-0.3, -0.25) is 10.4 Å². The van der Waals surface area contributed by atoms with E-state index in [2.05, 4.69) is 47.8 Å². The SMILES string of the molecule is CC(C)CN=C(NN)Nc1cccc2c1CCCC2. The van der Waals surface area contributed by atoms with E-state index in [9.17, 15) is 0 Å². The van der Waals surface area contributed by atoms with Crippen LogP contribution in [0, 0.1) is 5.92 Å². The topological polar surface area (TPSA) is 62.4 Å². The van der Waals surface area contributed by atoms with Crippen molar-refractivity contribution in [1.29, 1.82) is 0 Å². The van der Waals surface area contributed by atoms with Crippen LogP contribution in [0.25, 0.3) is 0 Å². The van der Waals surface area contributed by atoms with Gasteiger partial charge in [0.05, 0.1) is 0 Å². The van der Waals surface area contributed by atoms with Gasteiger partial charge in [-0.15, -0.1) is 0 Å². The number of aliphatic imine (C=N–C) groups is 1. The zero-order chi connectivity index (χ0) is 13.7. The van der Waals surface area contributed by atoms with Crippen LogP contribution in [0.2, 0.25) is 0 Å². The van der Waals surface area contributed by atoms with Crippen LogP contribution in [0.1, 0.15) is 37.8 Å². The normalized spacial score (nSPS) is 15.3. The minimum Gasteiger partial charge on any atom is -0.325 e. The fraction of sp³-hybridized carbons (Fsp3) is 0.533. The van der Waals surface area contributed by atoms with Gasteiger partial charge in [-0.05, 0) is 48.8 Å². The molecule has 0 saturated heterocycles. The summed E-state index contributed by atoms with van der Waals surface area (Å²) in [6.07, 6.45) is 4.88. The number of nitrogens with two attached hydrogens (primary N) is 1. The van der Waals surface area contributed by atoms with Crippen molar-refractivity contribution >= 4 is 11.6 Å². The smallest absolute Gasteiger partial charge is 0.210 e. The number of anilines is 1. The summed E-state index contributed by atoms with van der Waals surface area (Å²) in [5.41, 5.74) is 6.66. The molecule has 0 spiro atoms. The first kappa shape index (κ1) is 13.9. The molecule has 0 aromatic heterocycles. The quantitative estimate of drug-likeness (QED) is 0.338. The first-order valence-electron chi connectivity index (χ1n) is 7.09. The molecule has 0 atom stereocenters. The number of hydrazine groups is 1. The van der Waals surface area contributed by atoms with E-state index >= 15 is 0 Å². The van der Waals surface area contributed by atoms with Crippen LogP contribution in [0.15, 0.2) is 23.2 Å². The summed E-state index contributed by atoms with van der Waals surface area (Å²) in [4.78, 5) is 4.46. The summed E-state index contributed by atoms with van der Waals surface area (Å²) in [7, 11) is 0. The molecule has 104 valence electrons. The molecule has 4 nitrogen and oxygen atoms in total. The number of nitrogens with zero attached hydrogens (tertiary/aromatic N) is 1.